The number of nitrogens with zero attached hydrogens (tertiary/aromatic N) is 1. The Hall–Kier alpha value is -3.98. The minimum Gasteiger partial charge on any atom is -0.459 e. The van der Waals surface area contributed by atoms with Gasteiger partial charge >= 0.3 is 5.97 Å². The van der Waals surface area contributed by atoms with Gasteiger partial charge in [-0.15, -0.1) is 0 Å². The largest absolute Gasteiger partial charge is 0.459 e. The average molecular weight is 463 g/mol. The van der Waals surface area contributed by atoms with Gasteiger partial charge in [0.2, 0.25) is 11.7 Å². The molecule has 1 aliphatic heterocycles. The highest BCUT2D eigenvalue weighted by Crippen LogP contribution is 2.31. The number of benzene rings is 1. The normalized spacial score (nSPS) is 21.7. The summed E-state index contributed by atoms with van der Waals surface area (Å²) >= 11 is 0. The fourth-order valence-electron chi connectivity index (χ4n) is 4.08. The third-order valence-electron chi connectivity index (χ3n) is 5.88. The van der Waals surface area contributed by atoms with Crippen molar-refractivity contribution in [2.24, 2.45) is 0 Å². The number of hydrogen-bond donors (Lipinski definition) is 3. The van der Waals surface area contributed by atoms with E-state index in [0.29, 0.717) is 42.6 Å². The van der Waals surface area contributed by atoms with Gasteiger partial charge in [0.15, 0.2) is 11.3 Å². The van der Waals surface area contributed by atoms with Crippen LogP contribution in [0, 0.1) is 5.82 Å². The highest BCUT2D eigenvalue weighted by molar-refractivity contribution is 6.26. The van der Waals surface area contributed by atoms with Crippen LogP contribution in [0.4, 0.5) is 10.1 Å². The van der Waals surface area contributed by atoms with Crippen LogP contribution in [0.15, 0.2) is 66.0 Å². The second-order valence-corrected chi connectivity index (χ2v) is 8.26. The molecule has 5 rings (SSSR count). The number of nitrogens with one attached hydrogen (secondary N) is 2. The molecule has 0 saturated heterocycles. The zero-order chi connectivity index (χ0) is 23.7. The number of carbonyl (C=O) groups is 2. The molecule has 2 aliphatic rings. The predicted octanol–water partition coefficient (Wildman–Crippen LogP) is 3.81. The second kappa shape index (κ2) is 9.11. The van der Waals surface area contributed by atoms with Gasteiger partial charge in [0, 0.05) is 29.0 Å². The van der Waals surface area contributed by atoms with Crippen LogP contribution < -0.4 is 5.32 Å². The zero-order valence-electron chi connectivity index (χ0n) is 18.1. The maximum Gasteiger partial charge on any atom is 0.348 e. The van der Waals surface area contributed by atoms with Crippen molar-refractivity contribution in [1.82, 2.24) is 9.97 Å². The molecule has 0 radical (unpaired) electrons. The first-order valence-corrected chi connectivity index (χ1v) is 11.0. The second-order valence-electron chi connectivity index (χ2n) is 8.26. The molecule has 0 spiro atoms. The van der Waals surface area contributed by atoms with Crippen LogP contribution in [0.3, 0.4) is 0 Å². The number of carbonyl (C=O) groups excluding carboxylic acids is 2. The number of pyridine rings is 1. The van der Waals surface area contributed by atoms with Crippen molar-refractivity contribution < 1.29 is 28.6 Å². The molecule has 9 heteroatoms. The van der Waals surface area contributed by atoms with E-state index in [0.717, 1.165) is 5.39 Å². The molecule has 3 heterocycles. The van der Waals surface area contributed by atoms with Crippen LogP contribution in [-0.2, 0) is 19.1 Å². The van der Waals surface area contributed by atoms with Crippen molar-refractivity contribution in [3.8, 4) is 0 Å². The molecule has 1 aromatic carbocycles. The molecular formula is C25H22FN3O5. The van der Waals surface area contributed by atoms with Crippen LogP contribution in [0.1, 0.15) is 31.2 Å². The van der Waals surface area contributed by atoms with Gasteiger partial charge in [-0.1, -0.05) is 0 Å². The summed E-state index contributed by atoms with van der Waals surface area (Å²) in [6, 6.07) is 9.06. The Morgan fingerprint density at radius 3 is 2.74 bits per heavy atom. The summed E-state index contributed by atoms with van der Waals surface area (Å²) in [6.45, 7) is 0. The van der Waals surface area contributed by atoms with E-state index >= 15 is 0 Å². The molecule has 2 aromatic heterocycles. The molecular weight excluding hydrogens is 441 g/mol. The third-order valence-corrected chi connectivity index (χ3v) is 5.88. The van der Waals surface area contributed by atoms with E-state index < -0.39 is 29.8 Å². The summed E-state index contributed by atoms with van der Waals surface area (Å²) in [5.41, 5.74) is 1.49. The number of esters is 1. The molecule has 0 unspecified atom stereocenters. The smallest absolute Gasteiger partial charge is 0.348 e. The van der Waals surface area contributed by atoms with E-state index in [9.17, 15) is 19.1 Å². The van der Waals surface area contributed by atoms with E-state index in [-0.39, 0.29) is 17.2 Å². The van der Waals surface area contributed by atoms with Crippen LogP contribution in [0.5, 0.6) is 0 Å². The van der Waals surface area contributed by atoms with E-state index in [1.165, 1.54) is 30.3 Å². The summed E-state index contributed by atoms with van der Waals surface area (Å²) in [7, 11) is 0. The number of ketones is 1. The molecule has 174 valence electrons. The Morgan fingerprint density at radius 2 is 1.97 bits per heavy atom. The number of halogens is 1. The number of Topliss-reactive ketones (excluding diaryl/α,β-unsaturated/α-hetero) is 1. The zero-order valence-corrected chi connectivity index (χ0v) is 18.1. The van der Waals surface area contributed by atoms with Crippen molar-refractivity contribution in [1.29, 1.82) is 0 Å². The quantitative estimate of drug-likeness (QED) is 0.300. The highest BCUT2D eigenvalue weighted by Gasteiger charge is 2.38. The van der Waals surface area contributed by atoms with Gasteiger partial charge < -0.3 is 24.9 Å². The Morgan fingerprint density at radius 1 is 1.21 bits per heavy atom. The molecule has 1 fully saturated rings. The molecule has 3 aromatic rings. The molecule has 8 nitrogen and oxygen atoms in total. The molecule has 0 bridgehead atoms. The molecule has 0 atom stereocenters. The van der Waals surface area contributed by atoms with Gasteiger partial charge in [-0.2, -0.15) is 0 Å². The highest BCUT2D eigenvalue weighted by atomic mass is 19.1. The number of ether oxygens (including phenoxy) is 2. The first-order valence-electron chi connectivity index (χ1n) is 11.0. The molecule has 3 N–H and O–H groups in total. The van der Waals surface area contributed by atoms with Gasteiger partial charge in [0.1, 0.15) is 17.6 Å². The van der Waals surface area contributed by atoms with E-state index in [4.69, 9.17) is 9.47 Å². The fraction of sp³-hybridized carbons (Fsp3) is 0.240. The maximum atomic E-state index is 13.3. The van der Waals surface area contributed by atoms with Crippen molar-refractivity contribution in [3.63, 3.8) is 0 Å². The Balaban J connectivity index is 1.45. The van der Waals surface area contributed by atoms with Gasteiger partial charge in [-0.3, -0.25) is 4.79 Å². The summed E-state index contributed by atoms with van der Waals surface area (Å²) in [5, 5.41) is 13.4. The lowest BCUT2D eigenvalue weighted by molar-refractivity contribution is -0.147. The SMILES string of the molecule is O=C(OC1CCC(O)CC1)C1=C(Nc2ccc(F)cc2)O/C(=C\c2c[nH]c3ncccc23)C1=O. The standard InChI is InChI=1S/C25H22FN3O5/c26-15-3-5-16(6-4-15)29-24-21(25(32)33-18-9-7-17(30)8-10-18)22(31)20(34-24)12-14-13-28-23-19(14)2-1-11-27-23/h1-6,11-13,17-18,29-30H,7-10H2,(H,27,28)/b20-12-. The minimum absolute atomic E-state index is 0.0552. The van der Waals surface area contributed by atoms with Crippen LogP contribution >= 0.6 is 0 Å². The number of anilines is 1. The minimum atomic E-state index is -0.806. The van der Waals surface area contributed by atoms with Crippen molar-refractivity contribution in [2.45, 2.75) is 37.9 Å². The van der Waals surface area contributed by atoms with Crippen LogP contribution in [-0.4, -0.2) is 39.0 Å². The number of aromatic amines is 1. The lowest BCUT2D eigenvalue weighted by atomic mass is 9.95. The summed E-state index contributed by atoms with van der Waals surface area (Å²) in [4.78, 5) is 33.5. The predicted molar refractivity (Wildman–Crippen MR) is 122 cm³/mol. The maximum absolute atomic E-state index is 13.3. The number of aliphatic hydroxyl groups is 1. The monoisotopic (exact) mass is 463 g/mol. The topological polar surface area (TPSA) is 114 Å². The van der Waals surface area contributed by atoms with E-state index in [1.54, 1.807) is 18.5 Å². The molecule has 1 aliphatic carbocycles. The van der Waals surface area contributed by atoms with Crippen molar-refractivity contribution in [3.05, 3.63) is 77.4 Å². The molecule has 1 saturated carbocycles. The van der Waals surface area contributed by atoms with Crippen molar-refractivity contribution in [2.75, 3.05) is 5.32 Å². The summed E-state index contributed by atoms with van der Waals surface area (Å²) < 4.78 is 24.7. The Kier molecular flexibility index (Phi) is 5.85. The van der Waals surface area contributed by atoms with Gasteiger partial charge in [-0.05, 0) is 68.2 Å². The number of allylic oxidation sites excluding steroid dienone is 1. The Bertz CT molecular complexity index is 1300. The van der Waals surface area contributed by atoms with Crippen LogP contribution in [0.25, 0.3) is 17.1 Å². The van der Waals surface area contributed by atoms with Gasteiger partial charge in [-0.25, -0.2) is 14.2 Å². The van der Waals surface area contributed by atoms with Crippen LogP contribution in [0.2, 0.25) is 0 Å². The lowest BCUT2D eigenvalue weighted by Gasteiger charge is -2.25. The third kappa shape index (κ3) is 4.42. The average Bonchev–Trinajstić information content (AvgIpc) is 3.38. The number of fused-ring (bicyclic) bond motifs is 1. The molecule has 0 amide bonds. The number of rotatable bonds is 5. The number of H-pyrrole nitrogens is 1. The van der Waals surface area contributed by atoms with E-state index in [1.807, 2.05) is 6.07 Å². The summed E-state index contributed by atoms with van der Waals surface area (Å²) in [6.07, 6.45) is 6.17. The van der Waals surface area contributed by atoms with Gasteiger partial charge in [0.05, 0.1) is 6.10 Å². The number of aliphatic hydroxyl groups excluding tert-OH is 1. The van der Waals surface area contributed by atoms with E-state index in [2.05, 4.69) is 15.3 Å². The molecule has 34 heavy (non-hydrogen) atoms. The Labute approximate surface area is 194 Å². The number of aromatic nitrogens is 2. The summed E-state index contributed by atoms with van der Waals surface area (Å²) in [5.74, 6) is -1.98. The first kappa shape index (κ1) is 21.8. The fourth-order valence-corrected chi connectivity index (χ4v) is 4.08. The van der Waals surface area contributed by atoms with Crippen molar-refractivity contribution >= 4 is 34.5 Å². The number of hydrogen-bond acceptors (Lipinski definition) is 7. The first-order chi connectivity index (χ1) is 16.5. The van der Waals surface area contributed by atoms with Gasteiger partial charge in [0.25, 0.3) is 0 Å². The lowest BCUT2D eigenvalue weighted by Crippen LogP contribution is -2.28.